The Morgan fingerprint density at radius 1 is 0.516 bits per heavy atom. The van der Waals surface area contributed by atoms with Crippen molar-refractivity contribution >= 4 is 52.4 Å². The molecule has 3 heterocycles. The molecule has 0 spiro atoms. The molecule has 4 N–H and O–H groups in total. The molecule has 514 valence electrons. The molecule has 5 aliphatic carbocycles. The number of hydrogen-bond donors (Lipinski definition) is 4. The molecule has 20 heteroatoms. The quantitative estimate of drug-likeness (QED) is 0.0299. The van der Waals surface area contributed by atoms with E-state index in [0.29, 0.717) is 106 Å². The molecule has 0 aromatic carbocycles. The minimum atomic E-state index is -0.469. The van der Waals surface area contributed by atoms with Gasteiger partial charge in [-0.15, -0.1) is 17.2 Å². The fourth-order valence-electron chi connectivity index (χ4n) is 16.2. The Hall–Kier alpha value is -5.21. The molecule has 8 unspecified atom stereocenters. The number of anilines is 2. The average Bonchev–Trinajstić information content (AvgIpc) is 1.64. The van der Waals surface area contributed by atoms with Gasteiger partial charge < -0.3 is 40.4 Å². The van der Waals surface area contributed by atoms with Gasteiger partial charge in [0, 0.05) is 33.0 Å². The second kappa shape index (κ2) is 34.1. The number of amides is 2. The number of carbonyl (C=O) groups is 4. The fraction of sp³-hybridized carbons (Fsp3) is 0.685. The first-order valence-electron chi connectivity index (χ1n) is 34.2. The van der Waals surface area contributed by atoms with Crippen molar-refractivity contribution < 1.29 is 77.4 Å². The van der Waals surface area contributed by atoms with Crippen LogP contribution >= 0.6 is 0 Å². The number of ether oxygens (including phenoxy) is 2. The number of hydroxylamine groups is 1. The van der Waals surface area contributed by atoms with Crippen molar-refractivity contribution in [1.29, 1.82) is 0 Å². The van der Waals surface area contributed by atoms with Crippen molar-refractivity contribution in [2.24, 2.45) is 76.0 Å². The molecule has 8 atom stereocenters. The van der Waals surface area contributed by atoms with Gasteiger partial charge in [0.2, 0.25) is 5.91 Å². The van der Waals surface area contributed by atoms with Crippen LogP contribution in [0.1, 0.15) is 228 Å². The molecule has 19 nitrogen and oxygen atoms in total. The average molecular weight is 1340 g/mol. The third-order valence-electron chi connectivity index (χ3n) is 20.1. The van der Waals surface area contributed by atoms with Crippen molar-refractivity contribution in [2.45, 2.75) is 235 Å². The summed E-state index contributed by atoms with van der Waals surface area (Å²) in [6, 6.07) is 0. The summed E-state index contributed by atoms with van der Waals surface area (Å²) in [5.41, 5.74) is 16.2. The largest absolute Gasteiger partial charge is 0.458 e. The normalized spacial score (nSPS) is 30.7. The van der Waals surface area contributed by atoms with Gasteiger partial charge in [0.25, 0.3) is 0 Å². The number of nitrogens with one attached hydrogen (secondary N) is 4. The molecule has 8 rings (SSSR count). The van der Waals surface area contributed by atoms with E-state index in [1.807, 2.05) is 55.4 Å². The fourth-order valence-corrected chi connectivity index (χ4v) is 16.2. The van der Waals surface area contributed by atoms with Crippen molar-refractivity contribution in [2.75, 3.05) is 30.6 Å². The Morgan fingerprint density at radius 2 is 0.935 bits per heavy atom. The molecule has 0 radical (unpaired) electrons. The van der Waals surface area contributed by atoms with Gasteiger partial charge in [0.1, 0.15) is 36.1 Å². The molecule has 1 aliphatic heterocycles. The van der Waals surface area contributed by atoms with E-state index in [9.17, 15) is 19.2 Å². The van der Waals surface area contributed by atoms with Crippen LogP contribution in [0.3, 0.4) is 0 Å². The van der Waals surface area contributed by atoms with Crippen LogP contribution in [0.4, 0.5) is 11.6 Å². The molecular formula is C73H110N7O12Zn-3. The zero-order chi connectivity index (χ0) is 67.7. The summed E-state index contributed by atoms with van der Waals surface area (Å²) in [6.45, 7) is 46.0. The Labute approximate surface area is 567 Å². The number of allylic oxidation sites excluding steroid dienone is 6. The third kappa shape index (κ3) is 18.7. The van der Waals surface area contributed by atoms with Gasteiger partial charge in [-0.05, 0) is 222 Å². The van der Waals surface area contributed by atoms with Crippen LogP contribution in [-0.2, 0) is 79.2 Å². The topological polar surface area (TPSA) is 231 Å². The molecule has 93 heavy (non-hydrogen) atoms. The number of amidine groups is 1. The minimum absolute atomic E-state index is 0. The summed E-state index contributed by atoms with van der Waals surface area (Å²) >= 11 is 0. The summed E-state index contributed by atoms with van der Waals surface area (Å²) in [5.74, 6) is 4.58. The van der Waals surface area contributed by atoms with Crippen LogP contribution in [-0.4, -0.2) is 73.8 Å². The number of nitrogens with zero attached hydrogens (tertiary/aromatic N) is 3. The molecule has 4 saturated carbocycles. The number of rotatable bonds is 21. The third-order valence-corrected chi connectivity index (χ3v) is 20.1. The summed E-state index contributed by atoms with van der Waals surface area (Å²) in [4.78, 5) is 101. The number of aliphatic imine (C=N–C) groups is 1. The van der Waals surface area contributed by atoms with Crippen LogP contribution in [0.25, 0.3) is 11.1 Å². The minimum Gasteiger partial charge on any atom is -0.458 e. The van der Waals surface area contributed by atoms with Crippen LogP contribution in [0.2, 0.25) is 0 Å². The van der Waals surface area contributed by atoms with Gasteiger partial charge in [-0.25, -0.2) is 34.1 Å². The van der Waals surface area contributed by atoms with Gasteiger partial charge in [-0.3, -0.25) is 19.9 Å². The molecule has 2 aromatic rings. The first kappa shape index (κ1) is 76.8. The smallest absolute Gasteiger partial charge is 0.342 e. The number of hydrogen-bond acceptors (Lipinski definition) is 15. The first-order valence-corrected chi connectivity index (χ1v) is 34.2. The van der Waals surface area contributed by atoms with Gasteiger partial charge >= 0.3 is 11.9 Å². The van der Waals surface area contributed by atoms with E-state index in [0.717, 1.165) is 90.4 Å². The number of esters is 2. The van der Waals surface area contributed by atoms with Gasteiger partial charge in [-0.1, -0.05) is 103 Å². The maximum atomic E-state index is 13.7. The second-order valence-electron chi connectivity index (χ2n) is 28.7. The molecule has 0 bridgehead atoms. The van der Waals surface area contributed by atoms with Crippen LogP contribution < -0.4 is 31.6 Å². The van der Waals surface area contributed by atoms with Gasteiger partial charge in [0.05, 0.1) is 36.7 Å². The molecular weight excluding hydrogens is 1230 g/mol. The maximum absolute atomic E-state index is 13.7. The molecule has 6 aliphatic rings. The number of aromatic nitrogens is 2. The number of carbonyl (C=O) groups excluding carboxylic acids is 4. The first-order chi connectivity index (χ1) is 43.5. The Balaban J connectivity index is 0.000000292. The van der Waals surface area contributed by atoms with Crippen LogP contribution in [0.5, 0.6) is 0 Å². The zero-order valence-corrected chi connectivity index (χ0v) is 63.1. The summed E-state index contributed by atoms with van der Waals surface area (Å²) in [5, 5.41) is 5.54. The van der Waals surface area contributed by atoms with E-state index in [4.69, 9.17) is 53.7 Å². The summed E-state index contributed by atoms with van der Waals surface area (Å²) < 4.78 is 12.3. The predicted octanol–water partition coefficient (Wildman–Crippen LogP) is 14.5. The summed E-state index contributed by atoms with van der Waals surface area (Å²) in [7, 11) is 0. The van der Waals surface area contributed by atoms with E-state index >= 15 is 0 Å². The molecule has 4 fully saturated rings. The van der Waals surface area contributed by atoms with Crippen molar-refractivity contribution in [3.05, 3.63) is 79.0 Å². The molecule has 2 amide bonds. The van der Waals surface area contributed by atoms with Crippen LogP contribution in [0.15, 0.2) is 44.3 Å². The van der Waals surface area contributed by atoms with Crippen molar-refractivity contribution in [3.8, 4) is 0 Å². The van der Waals surface area contributed by atoms with E-state index in [2.05, 4.69) is 111 Å². The van der Waals surface area contributed by atoms with Gasteiger partial charge in [0.15, 0.2) is 0 Å². The maximum Gasteiger partial charge on any atom is 0.342 e. The molecule has 0 saturated heterocycles. The summed E-state index contributed by atoms with van der Waals surface area (Å²) in [6.07, 6.45) is 11.6. The Bertz CT molecular complexity index is 3120. The van der Waals surface area contributed by atoms with Crippen molar-refractivity contribution in [3.63, 3.8) is 0 Å². The van der Waals surface area contributed by atoms with Gasteiger partial charge in [-0.2, -0.15) is 11.1 Å². The SMILES string of the molecule is CCONC1=[C-]/C(=C(/C)c2[n-]c(NC(C)=O)c(C(=O)OC3C(C)CC(C)CC3C)c2C)C(C)=C1COOC1C(C)CC(C)CC1C.CCONc1[n-]c(/C(C)=C2\N=C(NC(C)=O)C(C(=O)OC3C(C)CC(C)CC3C)=C2C)c(C)c1COOC1C(C)CC(C)CC1C.[Zn]. The molecule has 2 aromatic heterocycles. The van der Waals surface area contributed by atoms with Crippen molar-refractivity contribution in [1.82, 2.24) is 20.8 Å². The van der Waals surface area contributed by atoms with E-state index in [-0.39, 0.29) is 110 Å². The van der Waals surface area contributed by atoms with Crippen LogP contribution in [0, 0.1) is 90.9 Å². The predicted molar refractivity (Wildman–Crippen MR) is 358 cm³/mol. The van der Waals surface area contributed by atoms with E-state index in [1.165, 1.54) is 13.8 Å². The van der Waals surface area contributed by atoms with E-state index in [1.54, 1.807) is 0 Å². The second-order valence-corrected chi connectivity index (χ2v) is 28.7. The van der Waals surface area contributed by atoms with E-state index < -0.39 is 11.9 Å². The Morgan fingerprint density at radius 3 is 1.40 bits per heavy atom. The zero-order valence-electron chi connectivity index (χ0n) is 60.2. The Kier molecular flexibility index (Phi) is 28.2. The standard InChI is InChI=1S/C37H56N3O6.C36H56N4O6.Zn/c1-12-43-40-31-17-29(25(8)30(31)18-44-46-35-23(6)15-20(3)16-24(35)7)26(9)33-27(10)32(36(39-33)38-28(11)41)37(42)45-34-21(4)13-19(2)14-22(34)5;1-12-43-40-34-28(17-44-46-33-22(6)15-19(3)16-23(33)7)24(8)30(38-34)26(10)31-25(9)29(35(39-31)37-27(11)41)36(42)45-32-20(4)13-18(2)14-21(32)5;/h19-24,34-35,40H,12-16,18H2,1-11H3,(H2,38,39,41,42);18-23,32-33H,12-17H2,1-11H3,(H3,37,38,39,40,41,42);/q-1;;/p-2/b29-26+;;. The monoisotopic (exact) mass is 1340 g/mol.